The zero-order valence-corrected chi connectivity index (χ0v) is 12.7. The summed E-state index contributed by atoms with van der Waals surface area (Å²) in [5, 5.41) is 0. The predicted molar refractivity (Wildman–Crippen MR) is 82.8 cm³/mol. The summed E-state index contributed by atoms with van der Waals surface area (Å²) >= 11 is 0. The number of hydrogen-bond donors (Lipinski definition) is 0. The molecule has 2 rings (SSSR count). The summed E-state index contributed by atoms with van der Waals surface area (Å²) in [4.78, 5) is 3.79. The Labute approximate surface area is 128 Å². The molecule has 0 bridgehead atoms. The van der Waals surface area contributed by atoms with E-state index in [0.717, 1.165) is 5.56 Å². The van der Waals surface area contributed by atoms with Crippen molar-refractivity contribution in [3.8, 4) is 0 Å². The summed E-state index contributed by atoms with van der Waals surface area (Å²) < 4.78 is 50.7. The molecule has 0 aliphatic heterocycles. The normalized spacial score (nSPS) is 12.6. The first kappa shape index (κ1) is 16.3. The number of rotatable bonds is 5. The van der Waals surface area contributed by atoms with E-state index in [1.807, 2.05) is 6.92 Å². The lowest BCUT2D eigenvalue weighted by Gasteiger charge is -2.08. The van der Waals surface area contributed by atoms with Crippen molar-refractivity contribution in [3.63, 3.8) is 0 Å². The molecule has 6 heteroatoms. The molecule has 0 aromatic heterocycles. The molecule has 0 atom stereocenters. The molecule has 2 aromatic carbocycles. The molecule has 2 aromatic rings. The van der Waals surface area contributed by atoms with E-state index in [1.54, 1.807) is 42.5 Å². The highest BCUT2D eigenvalue weighted by molar-refractivity contribution is 7.92. The standard InChI is InChI=1S/C16H15F2NO2S/c1-12-7-9-14(10-8-12)22(20,21)11-15(16(17)18)19-13-5-3-2-4-6-13/h2-10,16H,11H2,1H3. The van der Waals surface area contributed by atoms with Crippen LogP contribution in [0.1, 0.15) is 5.56 Å². The Bertz CT molecular complexity index is 754. The fourth-order valence-electron chi connectivity index (χ4n) is 1.84. The van der Waals surface area contributed by atoms with Gasteiger partial charge in [-0.2, -0.15) is 0 Å². The first-order chi connectivity index (χ1) is 10.4. The summed E-state index contributed by atoms with van der Waals surface area (Å²) in [5.41, 5.74) is 0.537. The predicted octanol–water partition coefficient (Wildman–Crippen LogP) is 3.81. The van der Waals surface area contributed by atoms with Crippen LogP contribution in [0.5, 0.6) is 0 Å². The first-order valence-corrected chi connectivity index (χ1v) is 8.24. The van der Waals surface area contributed by atoms with Gasteiger partial charge in [0.25, 0.3) is 6.43 Å². The van der Waals surface area contributed by atoms with Crippen LogP contribution >= 0.6 is 0 Å². The Kier molecular flexibility index (Phi) is 5.03. The van der Waals surface area contributed by atoms with Crippen molar-refractivity contribution in [2.75, 3.05) is 5.75 Å². The summed E-state index contributed by atoms with van der Waals surface area (Å²) in [7, 11) is -3.85. The molecule has 0 saturated heterocycles. The van der Waals surface area contributed by atoms with Crippen LogP contribution < -0.4 is 0 Å². The summed E-state index contributed by atoms with van der Waals surface area (Å²) in [6.07, 6.45) is -2.93. The van der Waals surface area contributed by atoms with Crippen LogP contribution in [-0.4, -0.2) is 26.3 Å². The maximum absolute atomic E-state index is 13.1. The molecule has 0 N–H and O–H groups in total. The number of aryl methyl sites for hydroxylation is 1. The van der Waals surface area contributed by atoms with Crippen molar-refractivity contribution in [3.05, 3.63) is 60.2 Å². The van der Waals surface area contributed by atoms with Crippen molar-refractivity contribution >= 4 is 21.2 Å². The van der Waals surface area contributed by atoms with Crippen LogP contribution in [0.25, 0.3) is 0 Å². The van der Waals surface area contributed by atoms with Crippen molar-refractivity contribution in [2.24, 2.45) is 4.99 Å². The van der Waals surface area contributed by atoms with Crippen molar-refractivity contribution < 1.29 is 17.2 Å². The molecule has 0 spiro atoms. The topological polar surface area (TPSA) is 46.5 Å². The van der Waals surface area contributed by atoms with E-state index in [0.29, 0.717) is 5.69 Å². The van der Waals surface area contributed by atoms with Gasteiger partial charge in [-0.05, 0) is 31.2 Å². The van der Waals surface area contributed by atoms with Gasteiger partial charge in [0, 0.05) is 0 Å². The third-order valence-electron chi connectivity index (χ3n) is 3.00. The monoisotopic (exact) mass is 323 g/mol. The van der Waals surface area contributed by atoms with Gasteiger partial charge in [-0.1, -0.05) is 35.9 Å². The molecule has 0 amide bonds. The molecule has 0 saturated carbocycles. The molecule has 0 aliphatic carbocycles. The van der Waals surface area contributed by atoms with Gasteiger partial charge in [0.15, 0.2) is 9.84 Å². The Morgan fingerprint density at radius 2 is 1.64 bits per heavy atom. The van der Waals surface area contributed by atoms with Gasteiger partial charge in [-0.15, -0.1) is 0 Å². The minimum atomic E-state index is -3.85. The molecular weight excluding hydrogens is 308 g/mol. The smallest absolute Gasteiger partial charge is 0.251 e. The van der Waals surface area contributed by atoms with Crippen LogP contribution in [0.3, 0.4) is 0 Å². The minimum Gasteiger partial charge on any atom is -0.251 e. The van der Waals surface area contributed by atoms with Crippen LogP contribution in [0.15, 0.2) is 64.5 Å². The number of hydrogen-bond acceptors (Lipinski definition) is 3. The second-order valence-electron chi connectivity index (χ2n) is 4.81. The van der Waals surface area contributed by atoms with Crippen molar-refractivity contribution in [1.82, 2.24) is 0 Å². The van der Waals surface area contributed by atoms with E-state index in [-0.39, 0.29) is 4.90 Å². The lowest BCUT2D eigenvalue weighted by atomic mass is 10.2. The molecule has 0 radical (unpaired) electrons. The lowest BCUT2D eigenvalue weighted by molar-refractivity contribution is 0.225. The maximum Gasteiger partial charge on any atom is 0.277 e. The Morgan fingerprint density at radius 1 is 1.05 bits per heavy atom. The van der Waals surface area contributed by atoms with Gasteiger partial charge in [-0.3, -0.25) is 4.99 Å². The Hall–Kier alpha value is -2.08. The van der Waals surface area contributed by atoms with E-state index in [9.17, 15) is 17.2 Å². The van der Waals surface area contributed by atoms with Gasteiger partial charge in [-0.25, -0.2) is 17.2 Å². The second-order valence-corrected chi connectivity index (χ2v) is 6.80. The van der Waals surface area contributed by atoms with E-state index >= 15 is 0 Å². The minimum absolute atomic E-state index is 0.0134. The van der Waals surface area contributed by atoms with E-state index in [2.05, 4.69) is 4.99 Å². The number of alkyl halides is 2. The average molecular weight is 323 g/mol. The van der Waals surface area contributed by atoms with Gasteiger partial charge in [0.1, 0.15) is 0 Å². The quantitative estimate of drug-likeness (QED) is 0.786. The first-order valence-electron chi connectivity index (χ1n) is 6.58. The summed E-state index contributed by atoms with van der Waals surface area (Å²) in [6, 6.07) is 14.2. The van der Waals surface area contributed by atoms with Crippen LogP contribution in [0.4, 0.5) is 14.5 Å². The SMILES string of the molecule is Cc1ccc(S(=O)(=O)CC(=Nc2ccccc2)C(F)F)cc1. The lowest BCUT2D eigenvalue weighted by Crippen LogP contribution is -2.22. The van der Waals surface area contributed by atoms with Gasteiger partial charge >= 0.3 is 0 Å². The molecule has 0 unspecified atom stereocenters. The van der Waals surface area contributed by atoms with Gasteiger partial charge < -0.3 is 0 Å². The largest absolute Gasteiger partial charge is 0.277 e. The van der Waals surface area contributed by atoms with Crippen LogP contribution in [0.2, 0.25) is 0 Å². The number of halogens is 2. The maximum atomic E-state index is 13.1. The van der Waals surface area contributed by atoms with Crippen molar-refractivity contribution in [2.45, 2.75) is 18.2 Å². The van der Waals surface area contributed by atoms with Gasteiger partial charge in [0.05, 0.1) is 22.0 Å². The number of benzene rings is 2. The zero-order chi connectivity index (χ0) is 16.2. The third kappa shape index (κ3) is 4.21. The average Bonchev–Trinajstić information content (AvgIpc) is 2.48. The molecule has 0 fully saturated rings. The number of para-hydroxylation sites is 1. The Morgan fingerprint density at radius 3 is 2.18 bits per heavy atom. The van der Waals surface area contributed by atoms with Gasteiger partial charge in [0.2, 0.25) is 0 Å². The third-order valence-corrected chi connectivity index (χ3v) is 4.67. The highest BCUT2D eigenvalue weighted by Crippen LogP contribution is 2.17. The molecule has 0 heterocycles. The van der Waals surface area contributed by atoms with E-state index in [4.69, 9.17) is 0 Å². The summed E-state index contributed by atoms with van der Waals surface area (Å²) in [6.45, 7) is 1.82. The molecule has 116 valence electrons. The Balaban J connectivity index is 2.31. The molecular formula is C16H15F2NO2S. The van der Waals surface area contributed by atoms with Crippen LogP contribution in [-0.2, 0) is 9.84 Å². The number of aliphatic imine (C=N–C) groups is 1. The molecule has 0 aliphatic rings. The van der Waals surface area contributed by atoms with Crippen LogP contribution in [0, 0.1) is 6.92 Å². The highest BCUT2D eigenvalue weighted by atomic mass is 32.2. The fourth-order valence-corrected chi connectivity index (χ4v) is 3.13. The molecule has 3 nitrogen and oxygen atoms in total. The highest BCUT2D eigenvalue weighted by Gasteiger charge is 2.23. The van der Waals surface area contributed by atoms with Crippen molar-refractivity contribution in [1.29, 1.82) is 0 Å². The van der Waals surface area contributed by atoms with E-state index < -0.39 is 27.7 Å². The summed E-state index contributed by atoms with van der Waals surface area (Å²) in [5.74, 6) is -0.803. The number of sulfone groups is 1. The number of nitrogens with zero attached hydrogens (tertiary/aromatic N) is 1. The fraction of sp³-hybridized carbons (Fsp3) is 0.188. The zero-order valence-electron chi connectivity index (χ0n) is 11.9. The van der Waals surface area contributed by atoms with E-state index in [1.165, 1.54) is 12.1 Å². The second kappa shape index (κ2) is 6.79. The molecule has 22 heavy (non-hydrogen) atoms.